The average Bonchev–Trinajstić information content (AvgIpc) is 2.57. The van der Waals surface area contributed by atoms with Gasteiger partial charge >= 0.3 is 0 Å². The second-order valence-corrected chi connectivity index (χ2v) is 4.33. The molecule has 1 fully saturated rings. The highest BCUT2D eigenvalue weighted by Gasteiger charge is 2.46. The van der Waals surface area contributed by atoms with Gasteiger partial charge in [0.05, 0.1) is 11.6 Å². The zero-order chi connectivity index (χ0) is 9.31. The summed E-state index contributed by atoms with van der Waals surface area (Å²) in [5.41, 5.74) is 0.0921. The van der Waals surface area contributed by atoms with Gasteiger partial charge in [-0.25, -0.2) is 4.98 Å². The van der Waals surface area contributed by atoms with E-state index in [9.17, 15) is 0 Å². The highest BCUT2D eigenvalue weighted by atomic mass is 32.1. The molecule has 0 radical (unpaired) electrons. The van der Waals surface area contributed by atoms with Crippen LogP contribution in [0.4, 0.5) is 0 Å². The van der Waals surface area contributed by atoms with Crippen LogP contribution in [-0.4, -0.2) is 25.2 Å². The maximum absolute atomic E-state index is 5.28. The van der Waals surface area contributed by atoms with E-state index in [-0.39, 0.29) is 5.54 Å². The molecule has 1 N–H and O–H groups in total. The number of ether oxygens (including phenoxy) is 1. The summed E-state index contributed by atoms with van der Waals surface area (Å²) in [6.45, 7) is 0. The molecule has 4 heteroatoms. The van der Waals surface area contributed by atoms with Gasteiger partial charge in [0, 0.05) is 18.7 Å². The fraction of sp³-hybridized carbons (Fsp3) is 0.667. The van der Waals surface area contributed by atoms with Crippen molar-refractivity contribution in [3.8, 4) is 0 Å². The van der Waals surface area contributed by atoms with Gasteiger partial charge in [0.2, 0.25) is 0 Å². The summed E-state index contributed by atoms with van der Waals surface area (Å²) in [6.07, 6.45) is 4.33. The summed E-state index contributed by atoms with van der Waals surface area (Å²) in [7, 11) is 3.76. The van der Waals surface area contributed by atoms with E-state index in [1.807, 2.05) is 18.6 Å². The number of methoxy groups -OCH3 is 1. The molecule has 1 heterocycles. The number of rotatable bonds is 3. The number of thiazole rings is 1. The van der Waals surface area contributed by atoms with E-state index in [0.717, 1.165) is 12.8 Å². The van der Waals surface area contributed by atoms with Crippen molar-refractivity contribution in [1.29, 1.82) is 0 Å². The molecule has 2 rings (SSSR count). The Kier molecular flexibility index (Phi) is 2.36. The van der Waals surface area contributed by atoms with Crippen LogP contribution in [0.3, 0.4) is 0 Å². The third kappa shape index (κ3) is 1.39. The largest absolute Gasteiger partial charge is 0.381 e. The zero-order valence-electron chi connectivity index (χ0n) is 7.91. The van der Waals surface area contributed by atoms with Gasteiger partial charge in [0.25, 0.3) is 0 Å². The van der Waals surface area contributed by atoms with Gasteiger partial charge in [0.1, 0.15) is 5.01 Å². The van der Waals surface area contributed by atoms with Crippen molar-refractivity contribution in [3.05, 3.63) is 16.6 Å². The molecule has 1 aromatic heterocycles. The lowest BCUT2D eigenvalue weighted by Gasteiger charge is -2.45. The molecule has 0 saturated heterocycles. The lowest BCUT2D eigenvalue weighted by molar-refractivity contribution is -0.0300. The Bertz CT molecular complexity index is 267. The van der Waals surface area contributed by atoms with Crippen molar-refractivity contribution < 1.29 is 4.74 Å². The molecule has 0 unspecified atom stereocenters. The van der Waals surface area contributed by atoms with Crippen molar-refractivity contribution >= 4 is 11.3 Å². The predicted octanol–water partition coefficient (Wildman–Crippen LogP) is 1.37. The SMILES string of the molecule is CNC1(c2nccs2)CC(OC)C1. The zero-order valence-corrected chi connectivity index (χ0v) is 8.73. The van der Waals surface area contributed by atoms with E-state index in [0.29, 0.717) is 6.10 Å². The summed E-state index contributed by atoms with van der Waals surface area (Å²) in [4.78, 5) is 4.35. The summed E-state index contributed by atoms with van der Waals surface area (Å²) >= 11 is 1.71. The van der Waals surface area contributed by atoms with E-state index in [1.165, 1.54) is 5.01 Å². The Morgan fingerprint density at radius 3 is 2.92 bits per heavy atom. The highest BCUT2D eigenvalue weighted by Crippen LogP contribution is 2.43. The summed E-state index contributed by atoms with van der Waals surface area (Å²) in [6, 6.07) is 0. The van der Waals surface area contributed by atoms with Gasteiger partial charge in [-0.3, -0.25) is 0 Å². The molecule has 13 heavy (non-hydrogen) atoms. The number of nitrogens with zero attached hydrogens (tertiary/aromatic N) is 1. The molecule has 0 bridgehead atoms. The first kappa shape index (κ1) is 9.12. The molecule has 0 atom stereocenters. The van der Waals surface area contributed by atoms with Crippen LogP contribution < -0.4 is 5.32 Å². The number of hydrogen-bond donors (Lipinski definition) is 1. The number of hydrogen-bond acceptors (Lipinski definition) is 4. The molecule has 1 aliphatic carbocycles. The van der Waals surface area contributed by atoms with Crippen molar-refractivity contribution in [2.24, 2.45) is 0 Å². The topological polar surface area (TPSA) is 34.2 Å². The minimum atomic E-state index is 0.0921. The molecule has 1 aromatic rings. The normalized spacial score (nSPS) is 32.9. The fourth-order valence-electron chi connectivity index (χ4n) is 1.83. The molecule has 0 amide bonds. The molecular weight excluding hydrogens is 184 g/mol. The summed E-state index contributed by atoms with van der Waals surface area (Å²) in [5.74, 6) is 0. The maximum atomic E-state index is 5.28. The van der Waals surface area contributed by atoms with Crippen LogP contribution in [0.1, 0.15) is 17.8 Å². The first-order chi connectivity index (χ1) is 6.30. The van der Waals surface area contributed by atoms with Crippen LogP contribution in [0.25, 0.3) is 0 Å². The predicted molar refractivity (Wildman–Crippen MR) is 52.9 cm³/mol. The van der Waals surface area contributed by atoms with Crippen molar-refractivity contribution in [2.75, 3.05) is 14.2 Å². The lowest BCUT2D eigenvalue weighted by Crippen LogP contribution is -2.54. The number of nitrogens with one attached hydrogen (secondary N) is 1. The lowest BCUT2D eigenvalue weighted by atomic mass is 9.74. The Balaban J connectivity index is 2.12. The van der Waals surface area contributed by atoms with Gasteiger partial charge in [0.15, 0.2) is 0 Å². The second-order valence-electron chi connectivity index (χ2n) is 3.44. The van der Waals surface area contributed by atoms with Crippen molar-refractivity contribution in [2.45, 2.75) is 24.5 Å². The highest BCUT2D eigenvalue weighted by molar-refractivity contribution is 7.09. The van der Waals surface area contributed by atoms with Gasteiger partial charge in [-0.1, -0.05) is 0 Å². The quantitative estimate of drug-likeness (QED) is 0.796. The van der Waals surface area contributed by atoms with Gasteiger partial charge in [-0.15, -0.1) is 11.3 Å². The van der Waals surface area contributed by atoms with Gasteiger partial charge < -0.3 is 10.1 Å². The van der Waals surface area contributed by atoms with E-state index >= 15 is 0 Å². The van der Waals surface area contributed by atoms with E-state index in [2.05, 4.69) is 10.3 Å². The monoisotopic (exact) mass is 198 g/mol. The van der Waals surface area contributed by atoms with E-state index < -0.39 is 0 Å². The third-order valence-electron chi connectivity index (χ3n) is 2.81. The minimum absolute atomic E-state index is 0.0921. The second kappa shape index (κ2) is 3.36. The van der Waals surface area contributed by atoms with Crippen LogP contribution in [-0.2, 0) is 10.3 Å². The van der Waals surface area contributed by atoms with Crippen molar-refractivity contribution in [1.82, 2.24) is 10.3 Å². The van der Waals surface area contributed by atoms with Crippen molar-refractivity contribution in [3.63, 3.8) is 0 Å². The first-order valence-corrected chi connectivity index (χ1v) is 5.30. The smallest absolute Gasteiger partial charge is 0.113 e. The van der Waals surface area contributed by atoms with Gasteiger partial charge in [-0.2, -0.15) is 0 Å². The Hall–Kier alpha value is -0.450. The summed E-state index contributed by atoms with van der Waals surface area (Å²) in [5, 5.41) is 6.56. The molecule has 0 aliphatic heterocycles. The Labute approximate surface area is 82.1 Å². The summed E-state index contributed by atoms with van der Waals surface area (Å²) < 4.78 is 5.28. The van der Waals surface area contributed by atoms with Crippen LogP contribution in [0, 0.1) is 0 Å². The van der Waals surface area contributed by atoms with Crippen LogP contribution in [0.15, 0.2) is 11.6 Å². The van der Waals surface area contributed by atoms with E-state index in [1.54, 1.807) is 18.4 Å². The molecule has 1 aliphatic rings. The minimum Gasteiger partial charge on any atom is -0.381 e. The van der Waals surface area contributed by atoms with E-state index in [4.69, 9.17) is 4.74 Å². The molecule has 0 spiro atoms. The molecular formula is C9H14N2OS. The third-order valence-corrected chi connectivity index (χ3v) is 3.78. The van der Waals surface area contributed by atoms with Crippen LogP contribution in [0.2, 0.25) is 0 Å². The molecule has 72 valence electrons. The molecule has 0 aromatic carbocycles. The van der Waals surface area contributed by atoms with Gasteiger partial charge in [-0.05, 0) is 19.9 Å². The molecule has 1 saturated carbocycles. The average molecular weight is 198 g/mol. The van der Waals surface area contributed by atoms with Crippen LogP contribution in [0.5, 0.6) is 0 Å². The Morgan fingerprint density at radius 2 is 2.46 bits per heavy atom. The maximum Gasteiger partial charge on any atom is 0.113 e. The fourth-order valence-corrected chi connectivity index (χ4v) is 2.70. The Morgan fingerprint density at radius 1 is 1.69 bits per heavy atom. The first-order valence-electron chi connectivity index (χ1n) is 4.42. The standard InChI is InChI=1S/C9H14N2OS/c1-10-9(5-7(6-9)12-2)8-11-3-4-13-8/h3-4,7,10H,5-6H2,1-2H3. The molecule has 3 nitrogen and oxygen atoms in total. The van der Waals surface area contributed by atoms with Crippen LogP contribution >= 0.6 is 11.3 Å². The number of aromatic nitrogens is 1.